The normalized spacial score (nSPS) is 11.4. The predicted molar refractivity (Wildman–Crippen MR) is 169 cm³/mol. The van der Waals surface area contributed by atoms with Gasteiger partial charge in [0.2, 0.25) is 0 Å². The molecule has 210 valence electrons. The number of hydrogen-bond donors (Lipinski definition) is 2. The van der Waals surface area contributed by atoms with Crippen LogP contribution < -0.4 is 20.9 Å². The second kappa shape index (κ2) is 13.4. The van der Waals surface area contributed by atoms with Crippen molar-refractivity contribution in [1.82, 2.24) is 0 Å². The number of aryl methyl sites for hydroxylation is 2. The number of ether oxygens (including phenoxy) is 2. The average molecular weight is 537 g/mol. The predicted octanol–water partition coefficient (Wildman–Crippen LogP) is 9.84. The molecule has 4 heteroatoms. The van der Waals surface area contributed by atoms with E-state index in [0.29, 0.717) is 0 Å². The second-order valence-electron chi connectivity index (χ2n) is 10.9. The van der Waals surface area contributed by atoms with Crippen LogP contribution in [0.15, 0.2) is 84.9 Å². The third-order valence-electron chi connectivity index (χ3n) is 7.92. The molecule has 0 aromatic heterocycles. The van der Waals surface area contributed by atoms with Gasteiger partial charge < -0.3 is 20.9 Å². The van der Waals surface area contributed by atoms with Crippen molar-refractivity contribution in [3.63, 3.8) is 0 Å². The van der Waals surface area contributed by atoms with Crippen molar-refractivity contribution < 1.29 is 9.47 Å². The fraction of sp³-hybridized carbons (Fsp3) is 0.333. The maximum atomic E-state index is 6.33. The molecule has 0 spiro atoms. The summed E-state index contributed by atoms with van der Waals surface area (Å²) in [5, 5.41) is 0. The molecule has 40 heavy (non-hydrogen) atoms. The zero-order valence-corrected chi connectivity index (χ0v) is 24.5. The Hall–Kier alpha value is -3.92. The van der Waals surface area contributed by atoms with Crippen LogP contribution >= 0.6 is 0 Å². The van der Waals surface area contributed by atoms with Crippen molar-refractivity contribution in [1.29, 1.82) is 0 Å². The number of benzene rings is 4. The van der Waals surface area contributed by atoms with Gasteiger partial charge in [-0.2, -0.15) is 0 Å². The molecule has 0 amide bonds. The van der Waals surface area contributed by atoms with Crippen LogP contribution in [0.2, 0.25) is 0 Å². The lowest BCUT2D eigenvalue weighted by Crippen LogP contribution is -2.23. The van der Waals surface area contributed by atoms with E-state index in [-0.39, 0.29) is 5.41 Å². The molecule has 0 bridgehead atoms. The van der Waals surface area contributed by atoms with Gasteiger partial charge in [0, 0.05) is 16.8 Å². The molecule has 4 aromatic rings. The summed E-state index contributed by atoms with van der Waals surface area (Å²) < 4.78 is 12.7. The molecule has 4 N–H and O–H groups in total. The Morgan fingerprint density at radius 1 is 0.575 bits per heavy atom. The van der Waals surface area contributed by atoms with Crippen LogP contribution in [0.1, 0.15) is 82.1 Å². The van der Waals surface area contributed by atoms with E-state index in [4.69, 9.17) is 20.9 Å². The topological polar surface area (TPSA) is 70.5 Å². The summed E-state index contributed by atoms with van der Waals surface area (Å²) in [6.07, 6.45) is 7.42. The largest absolute Gasteiger partial charge is 0.457 e. The van der Waals surface area contributed by atoms with E-state index in [2.05, 4.69) is 64.1 Å². The first-order valence-corrected chi connectivity index (χ1v) is 14.7. The van der Waals surface area contributed by atoms with Gasteiger partial charge in [0.15, 0.2) is 0 Å². The van der Waals surface area contributed by atoms with Gasteiger partial charge in [0.25, 0.3) is 0 Å². The molecule has 0 heterocycles. The Labute approximate surface area is 240 Å². The zero-order valence-electron chi connectivity index (χ0n) is 24.5. The van der Waals surface area contributed by atoms with Crippen molar-refractivity contribution in [3.8, 4) is 23.0 Å². The van der Waals surface area contributed by atoms with Gasteiger partial charge >= 0.3 is 0 Å². The highest BCUT2D eigenvalue weighted by atomic mass is 16.5. The molecule has 0 saturated carbocycles. The molecule has 4 rings (SSSR count). The molecular formula is C36H44N2O2. The van der Waals surface area contributed by atoms with Gasteiger partial charge in [-0.25, -0.2) is 0 Å². The van der Waals surface area contributed by atoms with Gasteiger partial charge in [-0.1, -0.05) is 64.8 Å². The minimum absolute atomic E-state index is 0.151. The molecule has 0 fully saturated rings. The smallest absolute Gasteiger partial charge is 0.130 e. The average Bonchev–Trinajstić information content (AvgIpc) is 2.98. The lowest BCUT2D eigenvalue weighted by atomic mass is 9.73. The van der Waals surface area contributed by atoms with E-state index in [1.807, 2.05) is 48.5 Å². The summed E-state index contributed by atoms with van der Waals surface area (Å²) in [7, 11) is 0. The molecule has 0 unspecified atom stereocenters. The fourth-order valence-electron chi connectivity index (χ4n) is 5.07. The van der Waals surface area contributed by atoms with Crippen molar-refractivity contribution in [2.45, 2.75) is 78.1 Å². The summed E-state index contributed by atoms with van der Waals surface area (Å²) in [6, 6.07) is 28.7. The Morgan fingerprint density at radius 3 is 1.32 bits per heavy atom. The van der Waals surface area contributed by atoms with Crippen LogP contribution in [0, 0.1) is 0 Å². The van der Waals surface area contributed by atoms with Crippen LogP contribution in [-0.2, 0) is 18.3 Å². The maximum Gasteiger partial charge on any atom is 0.130 e. The fourth-order valence-corrected chi connectivity index (χ4v) is 5.07. The Bertz CT molecular complexity index is 1270. The third-order valence-corrected chi connectivity index (χ3v) is 7.92. The molecule has 0 radical (unpaired) electrons. The van der Waals surface area contributed by atoms with E-state index >= 15 is 0 Å². The molecule has 4 nitrogen and oxygen atoms in total. The monoisotopic (exact) mass is 536 g/mol. The minimum Gasteiger partial charge on any atom is -0.457 e. The lowest BCUT2D eigenvalue weighted by Gasteiger charge is -2.31. The van der Waals surface area contributed by atoms with E-state index < -0.39 is 0 Å². The van der Waals surface area contributed by atoms with E-state index in [1.165, 1.54) is 22.3 Å². The summed E-state index contributed by atoms with van der Waals surface area (Å²) in [5.74, 6) is 3.43. The summed E-state index contributed by atoms with van der Waals surface area (Å²) >= 11 is 0. The number of anilines is 2. The molecule has 0 aliphatic rings. The number of hydrogen-bond acceptors (Lipinski definition) is 4. The Morgan fingerprint density at radius 2 is 0.975 bits per heavy atom. The van der Waals surface area contributed by atoms with Crippen molar-refractivity contribution in [2.24, 2.45) is 0 Å². The number of rotatable bonds is 13. The first-order chi connectivity index (χ1) is 19.4. The molecule has 0 aliphatic carbocycles. The maximum absolute atomic E-state index is 6.33. The zero-order chi connectivity index (χ0) is 28.5. The van der Waals surface area contributed by atoms with Gasteiger partial charge in [-0.3, -0.25) is 0 Å². The van der Waals surface area contributed by atoms with Gasteiger partial charge in [0.05, 0.1) is 0 Å². The van der Waals surface area contributed by atoms with Crippen molar-refractivity contribution in [3.05, 3.63) is 107 Å². The number of unbranched alkanes of at least 4 members (excludes halogenated alkanes) is 2. The highest BCUT2D eigenvalue weighted by Crippen LogP contribution is 2.41. The Balaban J connectivity index is 1.69. The first-order valence-electron chi connectivity index (χ1n) is 14.7. The summed E-state index contributed by atoms with van der Waals surface area (Å²) in [5.41, 5.74) is 18.2. The van der Waals surface area contributed by atoms with Gasteiger partial charge in [0.1, 0.15) is 23.0 Å². The van der Waals surface area contributed by atoms with Gasteiger partial charge in [-0.15, -0.1) is 0 Å². The van der Waals surface area contributed by atoms with Crippen molar-refractivity contribution >= 4 is 11.4 Å². The van der Waals surface area contributed by atoms with Crippen LogP contribution in [0.3, 0.4) is 0 Å². The van der Waals surface area contributed by atoms with Gasteiger partial charge in [-0.05, 0) is 115 Å². The first kappa shape index (κ1) is 29.1. The van der Waals surface area contributed by atoms with E-state index in [9.17, 15) is 0 Å². The molecule has 0 aliphatic heterocycles. The van der Waals surface area contributed by atoms with Crippen LogP contribution in [0.5, 0.6) is 23.0 Å². The van der Waals surface area contributed by atoms with E-state index in [1.54, 1.807) is 0 Å². The van der Waals surface area contributed by atoms with Crippen LogP contribution in [0.25, 0.3) is 0 Å². The molecule has 0 atom stereocenters. The molecule has 4 aromatic carbocycles. The quantitative estimate of drug-likeness (QED) is 0.167. The second-order valence-corrected chi connectivity index (χ2v) is 10.9. The summed E-state index contributed by atoms with van der Waals surface area (Å²) in [4.78, 5) is 0. The van der Waals surface area contributed by atoms with Crippen LogP contribution in [0.4, 0.5) is 11.4 Å². The Kier molecular flexibility index (Phi) is 9.76. The van der Waals surface area contributed by atoms with Crippen molar-refractivity contribution in [2.75, 3.05) is 11.5 Å². The highest BCUT2D eigenvalue weighted by Gasteiger charge is 2.29. The SMILES string of the molecule is CCCCc1cc(C(C)(CC)c2ccc(Oc3ccc(N)cc3)c(CCCC)c2)ccc1Oc1ccc(N)cc1. The minimum atomic E-state index is -0.151. The van der Waals surface area contributed by atoms with Crippen LogP contribution in [-0.4, -0.2) is 0 Å². The van der Waals surface area contributed by atoms with E-state index in [0.717, 1.165) is 79.3 Å². The summed E-state index contributed by atoms with van der Waals surface area (Å²) in [6.45, 7) is 9.08. The highest BCUT2D eigenvalue weighted by molar-refractivity contribution is 5.51. The lowest BCUT2D eigenvalue weighted by molar-refractivity contribution is 0.471. The standard InChI is InChI=1S/C36H44N2O2/c1-5-8-10-26-24-28(12-22-34(26)39-32-18-14-30(37)15-19-32)36(4,7-3)29-13-23-35(27(25-29)11-9-6-2)40-33-20-16-31(38)17-21-33/h12-25H,5-11,37-38H2,1-4H3. The molecular weight excluding hydrogens is 492 g/mol. The number of nitrogens with two attached hydrogens (primary N) is 2. The number of nitrogen functional groups attached to an aromatic ring is 2. The molecule has 0 saturated heterocycles. The third kappa shape index (κ3) is 6.98.